The molecule has 2 N–H and O–H groups in total. The van der Waals surface area contributed by atoms with Crippen molar-refractivity contribution in [2.75, 3.05) is 25.1 Å². The van der Waals surface area contributed by atoms with Crippen LogP contribution in [-0.2, 0) is 10.2 Å². The lowest BCUT2D eigenvalue weighted by molar-refractivity contribution is 0.0506. The molecule has 5 heteroatoms. The monoisotopic (exact) mass is 353 g/mol. The van der Waals surface area contributed by atoms with E-state index < -0.39 is 0 Å². The van der Waals surface area contributed by atoms with E-state index in [2.05, 4.69) is 46.8 Å². The van der Waals surface area contributed by atoms with Crippen LogP contribution < -0.4 is 10.6 Å². The lowest BCUT2D eigenvalue weighted by Crippen LogP contribution is -2.46. The van der Waals surface area contributed by atoms with Crippen molar-refractivity contribution in [2.24, 2.45) is 0 Å². The summed E-state index contributed by atoms with van der Waals surface area (Å²) in [5.74, 6) is 0. The van der Waals surface area contributed by atoms with Crippen molar-refractivity contribution < 1.29 is 9.53 Å². The molecule has 0 aliphatic carbocycles. The van der Waals surface area contributed by atoms with E-state index in [1.807, 2.05) is 26.0 Å². The van der Waals surface area contributed by atoms with Gasteiger partial charge in [-0.25, -0.2) is 4.79 Å². The Labute approximate surface area is 155 Å². The van der Waals surface area contributed by atoms with Crippen LogP contribution in [0.3, 0.4) is 0 Å². The predicted octanol–water partition coefficient (Wildman–Crippen LogP) is 3.88. The molecule has 2 heterocycles. The van der Waals surface area contributed by atoms with Gasteiger partial charge in [0.15, 0.2) is 0 Å². The first kappa shape index (κ1) is 18.4. The third kappa shape index (κ3) is 4.05. The highest BCUT2D eigenvalue weighted by molar-refractivity contribution is 5.89. The molecule has 1 aromatic carbocycles. The average Bonchev–Trinajstić information content (AvgIpc) is 2.63. The Balaban J connectivity index is 1.72. The number of benzene rings is 1. The number of rotatable bonds is 4. The summed E-state index contributed by atoms with van der Waals surface area (Å²) in [4.78, 5) is 16.9. The summed E-state index contributed by atoms with van der Waals surface area (Å²) in [6, 6.07) is 12.0. The van der Waals surface area contributed by atoms with Crippen molar-refractivity contribution in [3.8, 4) is 0 Å². The molecule has 26 heavy (non-hydrogen) atoms. The molecule has 0 unspecified atom stereocenters. The van der Waals surface area contributed by atoms with E-state index in [9.17, 15) is 4.79 Å². The van der Waals surface area contributed by atoms with Gasteiger partial charge in [0, 0.05) is 30.9 Å². The number of urea groups is 1. The molecule has 5 nitrogen and oxygen atoms in total. The number of nitrogens with one attached hydrogen (secondary N) is 2. The maximum Gasteiger partial charge on any atom is 0.319 e. The van der Waals surface area contributed by atoms with E-state index in [0.29, 0.717) is 6.54 Å². The van der Waals surface area contributed by atoms with E-state index in [-0.39, 0.29) is 11.4 Å². The maximum atomic E-state index is 12.5. The third-order valence-electron chi connectivity index (χ3n) is 5.23. The summed E-state index contributed by atoms with van der Waals surface area (Å²) in [5, 5.41) is 5.99. The third-order valence-corrected chi connectivity index (χ3v) is 5.23. The lowest BCUT2D eigenvalue weighted by atomic mass is 9.72. The van der Waals surface area contributed by atoms with Gasteiger partial charge in [-0.1, -0.05) is 24.3 Å². The minimum atomic E-state index is -0.196. The molecule has 1 aromatic heterocycles. The van der Waals surface area contributed by atoms with Gasteiger partial charge >= 0.3 is 6.03 Å². The number of nitrogens with zero attached hydrogens (tertiary/aromatic N) is 1. The highest BCUT2D eigenvalue weighted by Crippen LogP contribution is 2.36. The molecule has 0 spiro atoms. The fourth-order valence-electron chi connectivity index (χ4n) is 3.71. The zero-order chi connectivity index (χ0) is 18.6. The number of anilines is 1. The minimum absolute atomic E-state index is 0.0818. The normalized spacial score (nSPS) is 16.1. The number of carbonyl (C=O) groups is 1. The van der Waals surface area contributed by atoms with Crippen molar-refractivity contribution >= 4 is 11.7 Å². The van der Waals surface area contributed by atoms with Crippen LogP contribution in [0.25, 0.3) is 0 Å². The number of pyridine rings is 1. The van der Waals surface area contributed by atoms with Crippen LogP contribution in [0.4, 0.5) is 10.5 Å². The largest absolute Gasteiger partial charge is 0.381 e. The Morgan fingerprint density at radius 3 is 2.54 bits per heavy atom. The highest BCUT2D eigenvalue weighted by Gasteiger charge is 2.35. The van der Waals surface area contributed by atoms with Gasteiger partial charge in [0.05, 0.1) is 11.4 Å². The first-order valence-corrected chi connectivity index (χ1v) is 9.13. The molecule has 138 valence electrons. The summed E-state index contributed by atoms with van der Waals surface area (Å²) < 4.78 is 5.58. The molecule has 0 bridgehead atoms. The molecule has 0 radical (unpaired) electrons. The molecule has 1 fully saturated rings. The van der Waals surface area contributed by atoms with E-state index in [1.54, 1.807) is 0 Å². The van der Waals surface area contributed by atoms with Gasteiger partial charge in [0.1, 0.15) is 0 Å². The van der Waals surface area contributed by atoms with Gasteiger partial charge in [0.2, 0.25) is 0 Å². The van der Waals surface area contributed by atoms with E-state index in [4.69, 9.17) is 4.74 Å². The van der Waals surface area contributed by atoms with Crippen molar-refractivity contribution in [1.29, 1.82) is 0 Å². The molecule has 2 amide bonds. The number of hydrogen-bond donors (Lipinski definition) is 2. The molecular formula is C21H27N3O2. The Kier molecular flexibility index (Phi) is 5.57. The zero-order valence-corrected chi connectivity index (χ0v) is 15.8. The van der Waals surface area contributed by atoms with Crippen LogP contribution in [0, 0.1) is 20.8 Å². The van der Waals surface area contributed by atoms with Gasteiger partial charge in [-0.15, -0.1) is 0 Å². The molecule has 1 aliphatic heterocycles. The second-order valence-electron chi connectivity index (χ2n) is 7.10. The molecule has 3 rings (SSSR count). The van der Waals surface area contributed by atoms with Gasteiger partial charge in [-0.05, 0) is 56.9 Å². The van der Waals surface area contributed by atoms with E-state index >= 15 is 0 Å². The summed E-state index contributed by atoms with van der Waals surface area (Å²) >= 11 is 0. The summed E-state index contributed by atoms with van der Waals surface area (Å²) in [6.45, 7) is 8.00. The Hall–Kier alpha value is -2.40. The topological polar surface area (TPSA) is 63.2 Å². The van der Waals surface area contributed by atoms with Crippen LogP contribution in [0.5, 0.6) is 0 Å². The lowest BCUT2D eigenvalue weighted by Gasteiger charge is -2.39. The summed E-state index contributed by atoms with van der Waals surface area (Å²) in [7, 11) is 0. The van der Waals surface area contributed by atoms with E-state index in [1.165, 1.54) is 11.1 Å². The second kappa shape index (κ2) is 7.87. The van der Waals surface area contributed by atoms with Crippen LogP contribution in [0.1, 0.15) is 35.4 Å². The number of aromatic nitrogens is 1. The molecule has 1 aliphatic rings. The smallest absolute Gasteiger partial charge is 0.319 e. The zero-order valence-electron chi connectivity index (χ0n) is 15.8. The number of hydrogen-bond acceptors (Lipinski definition) is 3. The number of ether oxygens (including phenoxy) is 1. The molecule has 1 saturated heterocycles. The standard InChI is InChI=1S/C21H27N3O2/c1-15-6-4-5-7-18(15)21(10-12-26-13-11-21)14-22-20(25)24-19-9-8-16(2)23-17(19)3/h4-9H,10-14H2,1-3H3,(H2,22,24,25). The van der Waals surface area contributed by atoms with E-state index in [0.717, 1.165) is 43.1 Å². The molecule has 0 saturated carbocycles. The fourth-order valence-corrected chi connectivity index (χ4v) is 3.71. The minimum Gasteiger partial charge on any atom is -0.381 e. The first-order valence-electron chi connectivity index (χ1n) is 9.13. The van der Waals surface area contributed by atoms with Crippen molar-refractivity contribution in [1.82, 2.24) is 10.3 Å². The summed E-state index contributed by atoms with van der Waals surface area (Å²) in [5.41, 5.74) is 4.98. The Morgan fingerprint density at radius 2 is 1.85 bits per heavy atom. The highest BCUT2D eigenvalue weighted by atomic mass is 16.5. The Bertz CT molecular complexity index is 783. The number of carbonyl (C=O) groups excluding carboxylic acids is 1. The van der Waals surface area contributed by atoms with Crippen LogP contribution in [-0.4, -0.2) is 30.8 Å². The Morgan fingerprint density at radius 1 is 1.12 bits per heavy atom. The maximum absolute atomic E-state index is 12.5. The van der Waals surface area contributed by atoms with Crippen LogP contribution in [0.2, 0.25) is 0 Å². The fraction of sp³-hybridized carbons (Fsp3) is 0.429. The van der Waals surface area contributed by atoms with Gasteiger partial charge in [-0.2, -0.15) is 0 Å². The average molecular weight is 353 g/mol. The molecular weight excluding hydrogens is 326 g/mol. The quantitative estimate of drug-likeness (QED) is 0.877. The predicted molar refractivity (Wildman–Crippen MR) is 104 cm³/mol. The van der Waals surface area contributed by atoms with Gasteiger partial charge < -0.3 is 15.4 Å². The molecule has 0 atom stereocenters. The number of aryl methyl sites for hydroxylation is 3. The first-order chi connectivity index (χ1) is 12.5. The SMILES string of the molecule is Cc1ccc(NC(=O)NCC2(c3ccccc3C)CCOCC2)c(C)n1. The van der Waals surface area contributed by atoms with Crippen molar-refractivity contribution in [3.63, 3.8) is 0 Å². The van der Waals surface area contributed by atoms with Crippen LogP contribution in [0.15, 0.2) is 36.4 Å². The molecule has 2 aromatic rings. The van der Waals surface area contributed by atoms with Crippen LogP contribution >= 0.6 is 0 Å². The number of amides is 2. The van der Waals surface area contributed by atoms with Gasteiger partial charge in [0.25, 0.3) is 0 Å². The van der Waals surface area contributed by atoms with Gasteiger partial charge in [-0.3, -0.25) is 4.98 Å². The van der Waals surface area contributed by atoms with Crippen molar-refractivity contribution in [3.05, 3.63) is 58.9 Å². The summed E-state index contributed by atoms with van der Waals surface area (Å²) in [6.07, 6.45) is 1.81. The second-order valence-corrected chi connectivity index (χ2v) is 7.10. The van der Waals surface area contributed by atoms with Crippen molar-refractivity contribution in [2.45, 2.75) is 39.0 Å².